The Hall–Kier alpha value is -6.26. The number of hydrogen-bond donors (Lipinski definition) is 0. The Morgan fingerprint density at radius 2 is 1.08 bits per heavy atom. The minimum atomic E-state index is -0.114. The van der Waals surface area contributed by atoms with Crippen LogP contribution in [0, 0.1) is 0 Å². The highest BCUT2D eigenvalue weighted by Gasteiger charge is 2.61. The number of benzene rings is 7. The van der Waals surface area contributed by atoms with E-state index in [1.54, 1.807) is 5.56 Å². The van der Waals surface area contributed by atoms with Gasteiger partial charge in [0.25, 0.3) is 6.71 Å². The van der Waals surface area contributed by atoms with E-state index in [0.717, 1.165) is 17.8 Å². The van der Waals surface area contributed by atoms with Crippen molar-refractivity contribution in [3.05, 3.63) is 174 Å². The van der Waals surface area contributed by atoms with E-state index >= 15 is 0 Å². The van der Waals surface area contributed by atoms with Gasteiger partial charge in [-0.05, 0) is 117 Å². The predicted octanol–water partition coefficient (Wildman–Crippen LogP) is 13.9. The second-order valence-corrected chi connectivity index (χ2v) is 21.7. The van der Waals surface area contributed by atoms with Crippen molar-refractivity contribution in [1.29, 1.82) is 0 Å². The van der Waals surface area contributed by atoms with Crippen molar-refractivity contribution in [2.45, 2.75) is 103 Å². The second-order valence-electron chi connectivity index (χ2n) is 21.7. The quantitative estimate of drug-likeness (QED) is 0.160. The van der Waals surface area contributed by atoms with Crippen molar-refractivity contribution in [1.82, 2.24) is 4.57 Å². The van der Waals surface area contributed by atoms with Crippen molar-refractivity contribution >= 4 is 62.4 Å². The highest BCUT2D eigenvalue weighted by molar-refractivity contribution is 7.00. The molecule has 64 heavy (non-hydrogen) atoms. The van der Waals surface area contributed by atoms with Gasteiger partial charge >= 0.3 is 0 Å². The molecule has 316 valence electrons. The Bertz CT molecular complexity index is 3120. The molecule has 1 aromatic heterocycles. The number of rotatable bonds is 5. The van der Waals surface area contributed by atoms with Gasteiger partial charge in [-0.25, -0.2) is 0 Å². The summed E-state index contributed by atoms with van der Waals surface area (Å²) in [7, 11) is 0. The molecule has 0 spiro atoms. The minimum absolute atomic E-state index is 0.0148. The lowest BCUT2D eigenvalue weighted by atomic mass is 9.33. The molecule has 8 aromatic rings. The van der Waals surface area contributed by atoms with Crippen LogP contribution in [0.5, 0.6) is 0 Å². The van der Waals surface area contributed by atoms with Crippen molar-refractivity contribution in [2.24, 2.45) is 0 Å². The molecule has 0 saturated heterocycles. The number of nitrogens with zero attached hydrogens (tertiary/aromatic N) is 3. The van der Waals surface area contributed by atoms with E-state index in [0.29, 0.717) is 0 Å². The van der Waals surface area contributed by atoms with Gasteiger partial charge in [0.15, 0.2) is 0 Å². The van der Waals surface area contributed by atoms with Gasteiger partial charge in [-0.3, -0.25) is 0 Å². The fourth-order valence-electron chi connectivity index (χ4n) is 12.5. The molecule has 1 aliphatic carbocycles. The largest absolute Gasteiger partial charge is 0.335 e. The topological polar surface area (TPSA) is 11.4 Å². The Labute approximate surface area is 380 Å². The summed E-state index contributed by atoms with van der Waals surface area (Å²) >= 11 is 0. The highest BCUT2D eigenvalue weighted by atomic mass is 15.3. The SMILES string of the molecule is CC(C)(C)c1cc2c3c(c1)C1(C)CCCCC1(C)N3c1cc(N(c3ccccc3)c3ccccc3)cc3c1B2c1cc(C(C)(C)C)cc2c(-c4ccccc4)c(-c4ccccc4)n-3c12. The van der Waals surface area contributed by atoms with Crippen LogP contribution in [0.3, 0.4) is 0 Å². The lowest BCUT2D eigenvalue weighted by Gasteiger charge is -2.52. The van der Waals surface area contributed by atoms with E-state index in [4.69, 9.17) is 0 Å². The van der Waals surface area contributed by atoms with Crippen molar-refractivity contribution in [3.8, 4) is 28.1 Å². The lowest BCUT2D eigenvalue weighted by molar-refractivity contribution is 0.195. The molecule has 4 aliphatic rings. The maximum atomic E-state index is 2.90. The summed E-state index contributed by atoms with van der Waals surface area (Å²) in [4.78, 5) is 5.39. The maximum Gasteiger partial charge on any atom is 0.252 e. The first-order chi connectivity index (χ1) is 30.8. The molecule has 3 nitrogen and oxygen atoms in total. The molecular weight excluding hydrogens is 773 g/mol. The predicted molar refractivity (Wildman–Crippen MR) is 274 cm³/mol. The average Bonchev–Trinajstić information content (AvgIpc) is 3.75. The highest BCUT2D eigenvalue weighted by Crippen LogP contribution is 2.62. The lowest BCUT2D eigenvalue weighted by Crippen LogP contribution is -2.64. The Morgan fingerprint density at radius 1 is 0.547 bits per heavy atom. The molecule has 0 radical (unpaired) electrons. The number of anilines is 5. The first kappa shape index (κ1) is 39.3. The second kappa shape index (κ2) is 13.6. The first-order valence-corrected chi connectivity index (χ1v) is 23.7. The number of hydrogen-bond acceptors (Lipinski definition) is 2. The molecule has 4 heteroatoms. The van der Waals surface area contributed by atoms with Crippen LogP contribution in [0.2, 0.25) is 0 Å². The van der Waals surface area contributed by atoms with E-state index in [-0.39, 0.29) is 28.5 Å². The summed E-state index contributed by atoms with van der Waals surface area (Å²) < 4.78 is 2.71. The van der Waals surface area contributed by atoms with Gasteiger partial charge in [0.1, 0.15) is 0 Å². The summed E-state index contributed by atoms with van der Waals surface area (Å²) in [6.07, 6.45) is 4.83. The monoisotopic (exact) mass is 831 g/mol. The van der Waals surface area contributed by atoms with Crippen LogP contribution >= 0.6 is 0 Å². The van der Waals surface area contributed by atoms with E-state index in [1.807, 2.05) is 0 Å². The normalized spacial score (nSPS) is 19.4. The van der Waals surface area contributed by atoms with E-state index in [9.17, 15) is 0 Å². The average molecular weight is 832 g/mol. The van der Waals surface area contributed by atoms with Gasteiger partial charge in [0.05, 0.1) is 16.9 Å². The van der Waals surface area contributed by atoms with Crippen LogP contribution in [-0.4, -0.2) is 16.8 Å². The first-order valence-electron chi connectivity index (χ1n) is 23.7. The Kier molecular flexibility index (Phi) is 8.38. The molecule has 3 aliphatic heterocycles. The zero-order valence-electron chi connectivity index (χ0n) is 38.8. The van der Waals surface area contributed by atoms with Crippen LogP contribution < -0.4 is 26.2 Å². The van der Waals surface area contributed by atoms with Gasteiger partial charge in [-0.2, -0.15) is 0 Å². The van der Waals surface area contributed by atoms with Crippen LogP contribution in [0.4, 0.5) is 28.4 Å². The number of para-hydroxylation sites is 2. The number of fused-ring (bicyclic) bond motifs is 7. The van der Waals surface area contributed by atoms with Crippen LogP contribution in [0.25, 0.3) is 39.0 Å². The van der Waals surface area contributed by atoms with Gasteiger partial charge in [0, 0.05) is 50.3 Å². The van der Waals surface area contributed by atoms with Crippen LogP contribution in [0.1, 0.15) is 97.8 Å². The molecule has 0 amide bonds. The van der Waals surface area contributed by atoms with Crippen molar-refractivity contribution < 1.29 is 0 Å². The third kappa shape index (κ3) is 5.41. The molecule has 12 rings (SSSR count). The van der Waals surface area contributed by atoms with Gasteiger partial charge in [-0.1, -0.05) is 177 Å². The summed E-state index contributed by atoms with van der Waals surface area (Å²) in [5, 5.41) is 1.33. The molecule has 4 heterocycles. The summed E-state index contributed by atoms with van der Waals surface area (Å²) in [6, 6.07) is 60.0. The third-order valence-corrected chi connectivity index (χ3v) is 16.0. The Morgan fingerprint density at radius 3 is 1.69 bits per heavy atom. The van der Waals surface area contributed by atoms with E-state index in [1.165, 1.54) is 103 Å². The fraction of sp³-hybridized carbons (Fsp3) is 0.267. The third-order valence-electron chi connectivity index (χ3n) is 16.0. The smallest absolute Gasteiger partial charge is 0.252 e. The summed E-state index contributed by atoms with van der Waals surface area (Å²) in [5.41, 5.74) is 22.4. The molecule has 1 saturated carbocycles. The van der Waals surface area contributed by atoms with Crippen LogP contribution in [0.15, 0.2) is 158 Å². The summed E-state index contributed by atoms with van der Waals surface area (Å²) in [6.45, 7) is 19.7. The minimum Gasteiger partial charge on any atom is -0.335 e. The number of aromatic nitrogens is 1. The molecule has 1 fully saturated rings. The molecule has 2 atom stereocenters. The summed E-state index contributed by atoms with van der Waals surface area (Å²) in [5.74, 6) is 0. The molecule has 7 aromatic carbocycles. The fourth-order valence-corrected chi connectivity index (χ4v) is 12.5. The van der Waals surface area contributed by atoms with Gasteiger partial charge in [0.2, 0.25) is 0 Å². The Balaban J connectivity index is 1.31. The van der Waals surface area contributed by atoms with Gasteiger partial charge in [-0.15, -0.1) is 0 Å². The zero-order valence-corrected chi connectivity index (χ0v) is 38.8. The van der Waals surface area contributed by atoms with Crippen LogP contribution in [-0.2, 0) is 16.2 Å². The molecule has 2 unspecified atom stereocenters. The molecule has 0 bridgehead atoms. The maximum absolute atomic E-state index is 2.90. The standard InChI is InChI=1S/C60H58BN3/c1-57(2,3)41-33-46-52(39-23-13-9-14-24-39)54(40-25-15-10-16-26-40)63-50-37-45(62(43-27-17-11-18-28-43)44-29-19-12-20-30-44)38-51-53(50)61(48(35-41)55(46)63)49-36-42(58(4,5)6)34-47-56(49)64(51)60(8)32-22-21-31-59(47,60)7/h9-20,23-30,33-38H,21-22,31-32H2,1-8H3. The van der Waals surface area contributed by atoms with E-state index < -0.39 is 0 Å². The zero-order chi connectivity index (χ0) is 43.9. The molecular formula is C60H58BN3. The van der Waals surface area contributed by atoms with Crippen molar-refractivity contribution in [2.75, 3.05) is 9.80 Å². The molecule has 0 N–H and O–H groups in total. The van der Waals surface area contributed by atoms with E-state index in [2.05, 4.69) is 227 Å². The van der Waals surface area contributed by atoms with Gasteiger partial charge < -0.3 is 14.4 Å². The van der Waals surface area contributed by atoms with Crippen molar-refractivity contribution in [3.63, 3.8) is 0 Å².